The second kappa shape index (κ2) is 4.16. The van der Waals surface area contributed by atoms with Crippen LogP contribution in [0.3, 0.4) is 0 Å². The number of nitrogens with zero attached hydrogens (tertiary/aromatic N) is 3. The minimum atomic E-state index is -1.13. The summed E-state index contributed by atoms with van der Waals surface area (Å²) in [5.41, 5.74) is 1.09. The Morgan fingerprint density at radius 1 is 1.69 bits per heavy atom. The standard InChI is InChI=1S/C10H9N3O3/c11-4-7-3-8(6-12-5-7)9-1-2-16-13(9)10(14)15/h3,5-6,9H,1-2H2,(H,14,15)/t9-/m0/s1. The van der Waals surface area contributed by atoms with Gasteiger partial charge in [-0.1, -0.05) is 0 Å². The molecule has 0 unspecified atom stereocenters. The van der Waals surface area contributed by atoms with E-state index in [1.54, 1.807) is 12.3 Å². The highest BCUT2D eigenvalue weighted by molar-refractivity contribution is 5.64. The van der Waals surface area contributed by atoms with Crippen LogP contribution in [0.5, 0.6) is 0 Å². The molecule has 1 aliphatic rings. The fraction of sp³-hybridized carbons (Fsp3) is 0.300. The first-order valence-corrected chi connectivity index (χ1v) is 4.72. The van der Waals surface area contributed by atoms with Gasteiger partial charge in [-0.05, 0) is 11.6 Å². The van der Waals surface area contributed by atoms with Gasteiger partial charge in [-0.3, -0.25) is 9.82 Å². The second-order valence-corrected chi connectivity index (χ2v) is 3.36. The number of pyridine rings is 1. The Hall–Kier alpha value is -2.13. The summed E-state index contributed by atoms with van der Waals surface area (Å²) in [5, 5.41) is 18.5. The van der Waals surface area contributed by atoms with Crippen LogP contribution in [0.1, 0.15) is 23.6 Å². The van der Waals surface area contributed by atoms with Crippen molar-refractivity contribution in [3.63, 3.8) is 0 Å². The number of nitriles is 1. The van der Waals surface area contributed by atoms with Crippen molar-refractivity contribution in [2.75, 3.05) is 6.61 Å². The van der Waals surface area contributed by atoms with Crippen molar-refractivity contribution in [1.82, 2.24) is 10.0 Å². The topological polar surface area (TPSA) is 86.5 Å². The summed E-state index contributed by atoms with van der Waals surface area (Å²) >= 11 is 0. The predicted octanol–water partition coefficient (Wildman–Crippen LogP) is 1.31. The summed E-state index contributed by atoms with van der Waals surface area (Å²) in [4.78, 5) is 19.7. The second-order valence-electron chi connectivity index (χ2n) is 3.36. The van der Waals surface area contributed by atoms with Gasteiger partial charge in [0.05, 0.1) is 18.2 Å². The minimum absolute atomic E-state index is 0.355. The third kappa shape index (κ3) is 1.81. The highest BCUT2D eigenvalue weighted by atomic mass is 16.7. The maximum Gasteiger partial charge on any atom is 0.432 e. The van der Waals surface area contributed by atoms with Gasteiger partial charge in [0.2, 0.25) is 0 Å². The summed E-state index contributed by atoms with van der Waals surface area (Å²) in [7, 11) is 0. The molecule has 2 rings (SSSR count). The molecule has 1 fully saturated rings. The molecule has 1 atom stereocenters. The summed E-state index contributed by atoms with van der Waals surface area (Å²) in [6.07, 6.45) is 2.42. The van der Waals surface area contributed by atoms with Crippen LogP contribution in [0.2, 0.25) is 0 Å². The molecule has 1 amide bonds. The van der Waals surface area contributed by atoms with Gasteiger partial charge >= 0.3 is 6.09 Å². The number of hydrogen-bond acceptors (Lipinski definition) is 4. The summed E-state index contributed by atoms with van der Waals surface area (Å²) in [6, 6.07) is 3.22. The molecule has 0 radical (unpaired) electrons. The number of aromatic nitrogens is 1. The zero-order valence-corrected chi connectivity index (χ0v) is 8.33. The van der Waals surface area contributed by atoms with Gasteiger partial charge in [0.1, 0.15) is 6.07 Å². The minimum Gasteiger partial charge on any atom is -0.463 e. The quantitative estimate of drug-likeness (QED) is 0.769. The number of carbonyl (C=O) groups is 1. The third-order valence-electron chi connectivity index (χ3n) is 2.37. The zero-order valence-electron chi connectivity index (χ0n) is 8.33. The van der Waals surface area contributed by atoms with E-state index < -0.39 is 6.09 Å². The lowest BCUT2D eigenvalue weighted by molar-refractivity contribution is -0.104. The van der Waals surface area contributed by atoms with E-state index in [2.05, 4.69) is 4.98 Å². The van der Waals surface area contributed by atoms with Crippen molar-refractivity contribution in [3.8, 4) is 6.07 Å². The Balaban J connectivity index is 2.29. The highest BCUT2D eigenvalue weighted by Gasteiger charge is 2.31. The highest BCUT2D eigenvalue weighted by Crippen LogP contribution is 2.29. The van der Waals surface area contributed by atoms with Gasteiger partial charge in [-0.15, -0.1) is 0 Å². The van der Waals surface area contributed by atoms with Crippen molar-refractivity contribution in [1.29, 1.82) is 5.26 Å². The molecule has 0 saturated carbocycles. The van der Waals surface area contributed by atoms with Crippen LogP contribution in [-0.2, 0) is 4.84 Å². The third-order valence-corrected chi connectivity index (χ3v) is 2.37. The fourth-order valence-electron chi connectivity index (χ4n) is 1.66. The van der Waals surface area contributed by atoms with Gasteiger partial charge in [-0.2, -0.15) is 10.3 Å². The average molecular weight is 219 g/mol. The molecule has 1 saturated heterocycles. The van der Waals surface area contributed by atoms with Gasteiger partial charge in [-0.25, -0.2) is 4.79 Å². The molecule has 16 heavy (non-hydrogen) atoms. The largest absolute Gasteiger partial charge is 0.463 e. The zero-order chi connectivity index (χ0) is 11.5. The molecule has 6 heteroatoms. The van der Waals surface area contributed by atoms with Crippen LogP contribution in [0.4, 0.5) is 4.79 Å². The Morgan fingerprint density at radius 2 is 2.50 bits per heavy atom. The van der Waals surface area contributed by atoms with E-state index in [9.17, 15) is 4.79 Å². The van der Waals surface area contributed by atoms with E-state index >= 15 is 0 Å². The van der Waals surface area contributed by atoms with Crippen LogP contribution in [0, 0.1) is 11.3 Å². The van der Waals surface area contributed by atoms with E-state index in [1.165, 1.54) is 6.20 Å². The van der Waals surface area contributed by atoms with E-state index in [1.807, 2.05) is 6.07 Å². The van der Waals surface area contributed by atoms with Gasteiger partial charge < -0.3 is 5.11 Å². The number of hydrogen-bond donors (Lipinski definition) is 1. The molecule has 2 heterocycles. The van der Waals surface area contributed by atoms with Gasteiger partial charge in [0.15, 0.2) is 0 Å². The SMILES string of the molecule is N#Cc1cncc([C@@H]2CCON2C(=O)O)c1. The smallest absolute Gasteiger partial charge is 0.432 e. The van der Waals surface area contributed by atoms with Crippen LogP contribution >= 0.6 is 0 Å². The molecule has 82 valence electrons. The maximum atomic E-state index is 10.9. The predicted molar refractivity (Wildman–Crippen MR) is 52.1 cm³/mol. The molecule has 0 aromatic carbocycles. The summed E-state index contributed by atoms with van der Waals surface area (Å²) < 4.78 is 0. The Bertz CT molecular complexity index is 455. The number of carboxylic acid groups (broad SMARTS) is 1. The molecule has 1 aliphatic heterocycles. The lowest BCUT2D eigenvalue weighted by atomic mass is 10.1. The van der Waals surface area contributed by atoms with Gasteiger partial charge in [0, 0.05) is 18.8 Å². The van der Waals surface area contributed by atoms with Crippen LogP contribution in [0.25, 0.3) is 0 Å². The first kappa shape index (κ1) is 10.4. The van der Waals surface area contributed by atoms with Crippen LogP contribution < -0.4 is 0 Å². The Labute approximate surface area is 91.6 Å². The number of amides is 1. The fourth-order valence-corrected chi connectivity index (χ4v) is 1.66. The Kier molecular flexibility index (Phi) is 2.70. The molecule has 1 aromatic rings. The van der Waals surface area contributed by atoms with Crippen LogP contribution in [-0.4, -0.2) is 27.9 Å². The van der Waals surface area contributed by atoms with E-state index in [0.717, 1.165) is 5.06 Å². The normalized spacial score (nSPS) is 19.4. The van der Waals surface area contributed by atoms with Crippen molar-refractivity contribution in [3.05, 3.63) is 29.6 Å². The molecule has 6 nitrogen and oxygen atoms in total. The first-order valence-electron chi connectivity index (χ1n) is 4.72. The molecule has 0 aliphatic carbocycles. The van der Waals surface area contributed by atoms with E-state index in [-0.39, 0.29) is 6.04 Å². The molecular weight excluding hydrogens is 210 g/mol. The molecule has 1 N–H and O–H groups in total. The molecule has 1 aromatic heterocycles. The lowest BCUT2D eigenvalue weighted by Gasteiger charge is -2.18. The number of hydroxylamine groups is 2. The number of rotatable bonds is 1. The Morgan fingerprint density at radius 3 is 3.19 bits per heavy atom. The van der Waals surface area contributed by atoms with E-state index in [0.29, 0.717) is 24.2 Å². The van der Waals surface area contributed by atoms with Crippen molar-refractivity contribution >= 4 is 6.09 Å². The van der Waals surface area contributed by atoms with Crippen molar-refractivity contribution < 1.29 is 14.7 Å². The maximum absolute atomic E-state index is 10.9. The first-order chi connectivity index (χ1) is 7.72. The molecule has 0 spiro atoms. The summed E-state index contributed by atoms with van der Waals surface area (Å²) in [5.74, 6) is 0. The molecule has 0 bridgehead atoms. The molecular formula is C10H9N3O3. The van der Waals surface area contributed by atoms with Gasteiger partial charge in [0.25, 0.3) is 0 Å². The van der Waals surface area contributed by atoms with Crippen molar-refractivity contribution in [2.24, 2.45) is 0 Å². The monoisotopic (exact) mass is 219 g/mol. The summed E-state index contributed by atoms with van der Waals surface area (Å²) in [6.45, 7) is 0.355. The van der Waals surface area contributed by atoms with Crippen molar-refractivity contribution in [2.45, 2.75) is 12.5 Å². The van der Waals surface area contributed by atoms with Crippen LogP contribution in [0.15, 0.2) is 18.5 Å². The average Bonchev–Trinajstić information content (AvgIpc) is 2.78. The lowest BCUT2D eigenvalue weighted by Crippen LogP contribution is -2.27. The van der Waals surface area contributed by atoms with E-state index in [4.69, 9.17) is 15.2 Å².